The lowest BCUT2D eigenvalue weighted by atomic mass is 9.68. The number of rotatable bonds is 3. The Hall–Kier alpha value is -0.570. The molecule has 1 aliphatic carbocycles. The first-order valence-electron chi connectivity index (χ1n) is 6.20. The van der Waals surface area contributed by atoms with E-state index in [1.165, 1.54) is 0 Å². The van der Waals surface area contributed by atoms with E-state index in [-0.39, 0.29) is 5.41 Å². The van der Waals surface area contributed by atoms with Crippen molar-refractivity contribution in [3.63, 3.8) is 0 Å². The Kier molecular flexibility index (Phi) is 3.48. The average Bonchev–Trinajstić information content (AvgIpc) is 2.79. The molecule has 0 saturated heterocycles. The van der Waals surface area contributed by atoms with Crippen molar-refractivity contribution >= 4 is 11.6 Å². The van der Waals surface area contributed by atoms with Gasteiger partial charge in [-0.1, -0.05) is 36.6 Å². The highest BCUT2D eigenvalue weighted by Crippen LogP contribution is 2.50. The molecule has 0 heterocycles. The lowest BCUT2D eigenvalue weighted by molar-refractivity contribution is -0.0693. The van der Waals surface area contributed by atoms with Gasteiger partial charge in [-0.25, -0.2) is 0 Å². The first-order valence-corrected chi connectivity index (χ1v) is 6.58. The average molecular weight is 254 g/mol. The van der Waals surface area contributed by atoms with Gasteiger partial charge < -0.3 is 10.8 Å². The highest BCUT2D eigenvalue weighted by Gasteiger charge is 2.48. The zero-order valence-corrected chi connectivity index (χ0v) is 11.0. The second-order valence-corrected chi connectivity index (χ2v) is 5.71. The maximum atomic E-state index is 10.9. The molecule has 1 aliphatic rings. The molecular formula is C14H20ClNO. The van der Waals surface area contributed by atoms with Crippen molar-refractivity contribution in [3.05, 3.63) is 34.9 Å². The Bertz CT molecular complexity index is 397. The van der Waals surface area contributed by atoms with E-state index in [0.29, 0.717) is 11.6 Å². The van der Waals surface area contributed by atoms with Crippen molar-refractivity contribution < 1.29 is 5.11 Å². The standard InChI is InChI=1S/C14H20ClNO/c1-13(17,11-5-4-6-12(15)9-11)14(10-16)7-2-3-8-14/h4-6,9,17H,2-3,7-8,10,16H2,1H3. The zero-order valence-electron chi connectivity index (χ0n) is 10.2. The van der Waals surface area contributed by atoms with E-state index in [1.807, 2.05) is 31.2 Å². The molecule has 3 heteroatoms. The normalized spacial score (nSPS) is 22.4. The number of benzene rings is 1. The van der Waals surface area contributed by atoms with Gasteiger partial charge in [0.25, 0.3) is 0 Å². The van der Waals surface area contributed by atoms with Crippen molar-refractivity contribution in [1.82, 2.24) is 0 Å². The molecule has 94 valence electrons. The molecule has 1 unspecified atom stereocenters. The third kappa shape index (κ3) is 2.10. The van der Waals surface area contributed by atoms with Crippen LogP contribution < -0.4 is 5.73 Å². The SMILES string of the molecule is CC(O)(c1cccc(Cl)c1)C1(CN)CCCC1. The minimum absolute atomic E-state index is 0.197. The van der Waals surface area contributed by atoms with Gasteiger partial charge in [-0.05, 0) is 37.5 Å². The summed E-state index contributed by atoms with van der Waals surface area (Å²) in [6.07, 6.45) is 4.27. The van der Waals surface area contributed by atoms with Crippen LogP contribution in [0.25, 0.3) is 0 Å². The highest BCUT2D eigenvalue weighted by molar-refractivity contribution is 6.30. The number of aliphatic hydroxyl groups is 1. The Morgan fingerprint density at radius 1 is 1.41 bits per heavy atom. The molecule has 0 spiro atoms. The molecule has 1 aromatic carbocycles. The van der Waals surface area contributed by atoms with E-state index in [4.69, 9.17) is 17.3 Å². The van der Waals surface area contributed by atoms with Gasteiger partial charge in [0.2, 0.25) is 0 Å². The molecule has 1 fully saturated rings. The van der Waals surface area contributed by atoms with Crippen molar-refractivity contribution in [2.24, 2.45) is 11.1 Å². The van der Waals surface area contributed by atoms with Crippen LogP contribution in [0.15, 0.2) is 24.3 Å². The summed E-state index contributed by atoms with van der Waals surface area (Å²) in [6.45, 7) is 2.39. The van der Waals surface area contributed by atoms with E-state index in [1.54, 1.807) is 0 Å². The molecule has 0 aromatic heterocycles. The fourth-order valence-corrected chi connectivity index (χ4v) is 3.23. The quantitative estimate of drug-likeness (QED) is 0.870. The van der Waals surface area contributed by atoms with E-state index < -0.39 is 5.60 Å². The van der Waals surface area contributed by atoms with Gasteiger partial charge in [0.1, 0.15) is 0 Å². The Balaban J connectivity index is 2.40. The molecule has 1 saturated carbocycles. The molecule has 17 heavy (non-hydrogen) atoms. The van der Waals surface area contributed by atoms with Crippen LogP contribution in [0, 0.1) is 5.41 Å². The molecule has 0 aliphatic heterocycles. The van der Waals surface area contributed by atoms with Gasteiger partial charge >= 0.3 is 0 Å². The van der Waals surface area contributed by atoms with Crippen LogP contribution in [0.2, 0.25) is 5.02 Å². The number of hydrogen-bond donors (Lipinski definition) is 2. The molecule has 3 N–H and O–H groups in total. The fraction of sp³-hybridized carbons (Fsp3) is 0.571. The summed E-state index contributed by atoms with van der Waals surface area (Å²) in [4.78, 5) is 0. The maximum absolute atomic E-state index is 10.9. The van der Waals surface area contributed by atoms with Gasteiger partial charge in [-0.2, -0.15) is 0 Å². The van der Waals surface area contributed by atoms with Crippen LogP contribution >= 0.6 is 11.6 Å². The first kappa shape index (κ1) is 12.9. The predicted octanol–water partition coefficient (Wildman–Crippen LogP) is 3.07. The van der Waals surface area contributed by atoms with E-state index in [2.05, 4.69) is 0 Å². The number of hydrogen-bond acceptors (Lipinski definition) is 2. The summed E-state index contributed by atoms with van der Waals surface area (Å²) in [5.41, 5.74) is 5.71. The lowest BCUT2D eigenvalue weighted by Gasteiger charge is -2.42. The van der Waals surface area contributed by atoms with Crippen LogP contribution in [0.5, 0.6) is 0 Å². The molecule has 1 aromatic rings. The fourth-order valence-electron chi connectivity index (χ4n) is 3.04. The van der Waals surface area contributed by atoms with Gasteiger partial charge in [0.15, 0.2) is 0 Å². The minimum Gasteiger partial charge on any atom is -0.385 e. The second kappa shape index (κ2) is 4.60. The summed E-state index contributed by atoms with van der Waals surface area (Å²) >= 11 is 6.00. The van der Waals surface area contributed by atoms with E-state index in [9.17, 15) is 5.11 Å². The molecular weight excluding hydrogens is 234 g/mol. The summed E-state index contributed by atoms with van der Waals surface area (Å²) < 4.78 is 0. The van der Waals surface area contributed by atoms with E-state index >= 15 is 0 Å². The number of nitrogens with two attached hydrogens (primary N) is 1. The summed E-state index contributed by atoms with van der Waals surface area (Å²) in [7, 11) is 0. The molecule has 1 atom stereocenters. The summed E-state index contributed by atoms with van der Waals surface area (Å²) in [5, 5.41) is 11.6. The van der Waals surface area contributed by atoms with Crippen LogP contribution in [0.3, 0.4) is 0 Å². The van der Waals surface area contributed by atoms with Crippen LogP contribution in [0.4, 0.5) is 0 Å². The third-order valence-electron chi connectivity index (χ3n) is 4.37. The Morgan fingerprint density at radius 2 is 2.06 bits per heavy atom. The van der Waals surface area contributed by atoms with Gasteiger partial charge in [0, 0.05) is 17.0 Å². The summed E-state index contributed by atoms with van der Waals surface area (Å²) in [6, 6.07) is 7.48. The van der Waals surface area contributed by atoms with Crippen LogP contribution in [0.1, 0.15) is 38.2 Å². The van der Waals surface area contributed by atoms with Crippen molar-refractivity contribution in [1.29, 1.82) is 0 Å². The van der Waals surface area contributed by atoms with E-state index in [0.717, 1.165) is 31.2 Å². The van der Waals surface area contributed by atoms with Gasteiger partial charge in [0.05, 0.1) is 5.60 Å². The monoisotopic (exact) mass is 253 g/mol. The highest BCUT2D eigenvalue weighted by atomic mass is 35.5. The zero-order chi connectivity index (χ0) is 12.5. The van der Waals surface area contributed by atoms with Gasteiger partial charge in [-0.3, -0.25) is 0 Å². The van der Waals surface area contributed by atoms with Crippen LogP contribution in [-0.2, 0) is 5.60 Å². The Morgan fingerprint density at radius 3 is 2.59 bits per heavy atom. The largest absolute Gasteiger partial charge is 0.385 e. The third-order valence-corrected chi connectivity index (χ3v) is 4.61. The molecule has 2 nitrogen and oxygen atoms in total. The maximum Gasteiger partial charge on any atom is 0.0937 e. The molecule has 0 amide bonds. The van der Waals surface area contributed by atoms with Crippen molar-refractivity contribution in [3.8, 4) is 0 Å². The van der Waals surface area contributed by atoms with Gasteiger partial charge in [-0.15, -0.1) is 0 Å². The van der Waals surface area contributed by atoms with Crippen LogP contribution in [-0.4, -0.2) is 11.7 Å². The van der Waals surface area contributed by atoms with Crippen molar-refractivity contribution in [2.45, 2.75) is 38.2 Å². The van der Waals surface area contributed by atoms with Crippen molar-refractivity contribution in [2.75, 3.05) is 6.54 Å². The minimum atomic E-state index is -0.900. The Labute approximate surface area is 108 Å². The lowest BCUT2D eigenvalue weighted by Crippen LogP contribution is -2.46. The summed E-state index contributed by atoms with van der Waals surface area (Å²) in [5.74, 6) is 0. The molecule has 2 rings (SSSR count). The first-order chi connectivity index (χ1) is 8.02. The second-order valence-electron chi connectivity index (χ2n) is 5.27. The predicted molar refractivity (Wildman–Crippen MR) is 71.0 cm³/mol. The number of halogens is 1. The molecule has 0 bridgehead atoms. The molecule has 0 radical (unpaired) electrons. The smallest absolute Gasteiger partial charge is 0.0937 e. The topological polar surface area (TPSA) is 46.2 Å².